The lowest BCUT2D eigenvalue weighted by atomic mass is 10.2. The fourth-order valence-corrected chi connectivity index (χ4v) is 1.83. The summed E-state index contributed by atoms with van der Waals surface area (Å²) < 4.78 is 0. The number of carbonyl (C=O) groups excluding carboxylic acids is 1. The van der Waals surface area contributed by atoms with Crippen molar-refractivity contribution >= 4 is 29.1 Å². The summed E-state index contributed by atoms with van der Waals surface area (Å²) in [5.74, 6) is 0.228. The number of nitrogens with zero attached hydrogens (tertiary/aromatic N) is 2. The first-order valence-electron chi connectivity index (χ1n) is 6.62. The molecule has 110 valence electrons. The van der Waals surface area contributed by atoms with E-state index in [1.807, 2.05) is 26.8 Å². The molecule has 0 saturated heterocycles. The highest BCUT2D eigenvalue weighted by Gasteiger charge is 2.09. The van der Waals surface area contributed by atoms with Crippen molar-refractivity contribution in [2.45, 2.75) is 26.8 Å². The van der Waals surface area contributed by atoms with Crippen molar-refractivity contribution < 1.29 is 4.79 Å². The summed E-state index contributed by atoms with van der Waals surface area (Å²) in [6.45, 7) is 5.89. The average molecular weight is 305 g/mol. The van der Waals surface area contributed by atoms with Gasteiger partial charge in [0.15, 0.2) is 0 Å². The van der Waals surface area contributed by atoms with E-state index in [2.05, 4.69) is 20.6 Å². The first kappa shape index (κ1) is 15.3. The maximum Gasteiger partial charge on any atom is 0.258 e. The van der Waals surface area contributed by atoms with Gasteiger partial charge in [-0.3, -0.25) is 4.79 Å². The van der Waals surface area contributed by atoms with E-state index in [9.17, 15) is 4.79 Å². The van der Waals surface area contributed by atoms with Crippen molar-refractivity contribution in [2.24, 2.45) is 0 Å². The molecule has 2 N–H and O–H groups in total. The number of carbonyl (C=O) groups is 1. The molecule has 0 radical (unpaired) electrons. The van der Waals surface area contributed by atoms with Crippen molar-refractivity contribution in [3.8, 4) is 0 Å². The molecule has 0 aliphatic carbocycles. The molecule has 2 aromatic rings. The Bertz CT molecular complexity index is 641. The van der Waals surface area contributed by atoms with Gasteiger partial charge in [-0.15, -0.1) is 0 Å². The summed E-state index contributed by atoms with van der Waals surface area (Å²) in [5.41, 5.74) is 1.99. The van der Waals surface area contributed by atoms with Crippen molar-refractivity contribution in [3.05, 3.63) is 46.7 Å². The molecular weight excluding hydrogens is 288 g/mol. The molecule has 0 aliphatic rings. The van der Waals surface area contributed by atoms with Crippen molar-refractivity contribution in [2.75, 3.05) is 10.6 Å². The maximum absolute atomic E-state index is 12.1. The Hall–Kier alpha value is -2.14. The van der Waals surface area contributed by atoms with Crippen molar-refractivity contribution in [1.29, 1.82) is 0 Å². The SMILES string of the molecule is Cc1ccc(NC(=O)c2cnc(NC(C)C)nc2)cc1Cl. The van der Waals surface area contributed by atoms with Crippen LogP contribution in [-0.2, 0) is 0 Å². The van der Waals surface area contributed by atoms with Gasteiger partial charge < -0.3 is 10.6 Å². The molecule has 0 aliphatic heterocycles. The van der Waals surface area contributed by atoms with E-state index in [0.717, 1.165) is 5.56 Å². The second-order valence-electron chi connectivity index (χ2n) is 5.01. The van der Waals surface area contributed by atoms with Crippen LogP contribution in [0.15, 0.2) is 30.6 Å². The van der Waals surface area contributed by atoms with Gasteiger partial charge >= 0.3 is 0 Å². The summed E-state index contributed by atoms with van der Waals surface area (Å²) in [6, 6.07) is 5.60. The molecule has 0 spiro atoms. The second kappa shape index (κ2) is 6.54. The van der Waals surface area contributed by atoms with Gasteiger partial charge in [0, 0.05) is 29.1 Å². The Balaban J connectivity index is 2.07. The van der Waals surface area contributed by atoms with Gasteiger partial charge in [-0.2, -0.15) is 0 Å². The third kappa shape index (κ3) is 4.16. The minimum atomic E-state index is -0.272. The van der Waals surface area contributed by atoms with E-state index in [1.54, 1.807) is 12.1 Å². The van der Waals surface area contributed by atoms with Gasteiger partial charge in [-0.25, -0.2) is 9.97 Å². The van der Waals surface area contributed by atoms with Crippen LogP contribution in [0, 0.1) is 6.92 Å². The molecule has 0 bridgehead atoms. The molecule has 5 nitrogen and oxygen atoms in total. The molecule has 6 heteroatoms. The normalized spacial score (nSPS) is 10.5. The Kier molecular flexibility index (Phi) is 4.75. The van der Waals surface area contributed by atoms with E-state index in [1.165, 1.54) is 12.4 Å². The first-order valence-corrected chi connectivity index (χ1v) is 6.99. The van der Waals surface area contributed by atoms with Gasteiger partial charge in [-0.05, 0) is 38.5 Å². The predicted octanol–water partition coefficient (Wildman–Crippen LogP) is 3.51. The van der Waals surface area contributed by atoms with E-state index < -0.39 is 0 Å². The van der Waals surface area contributed by atoms with Gasteiger partial charge in [-0.1, -0.05) is 17.7 Å². The molecule has 0 unspecified atom stereocenters. The standard InChI is InChI=1S/C15H17ClN4O/c1-9(2)19-15-17-7-11(8-18-15)14(21)20-12-5-4-10(3)13(16)6-12/h4-9H,1-3H3,(H,20,21)(H,17,18,19). The molecule has 1 heterocycles. The number of aryl methyl sites for hydroxylation is 1. The Morgan fingerprint density at radius 3 is 2.48 bits per heavy atom. The number of amides is 1. The van der Waals surface area contributed by atoms with Crippen LogP contribution in [0.1, 0.15) is 29.8 Å². The number of rotatable bonds is 4. The molecule has 21 heavy (non-hydrogen) atoms. The summed E-state index contributed by atoms with van der Waals surface area (Å²) in [6.07, 6.45) is 2.98. The smallest absolute Gasteiger partial charge is 0.258 e. The summed E-state index contributed by atoms with van der Waals surface area (Å²) in [5, 5.41) is 6.44. The molecular formula is C15H17ClN4O. The Morgan fingerprint density at radius 1 is 1.24 bits per heavy atom. The monoisotopic (exact) mass is 304 g/mol. The highest BCUT2D eigenvalue weighted by Crippen LogP contribution is 2.20. The maximum atomic E-state index is 12.1. The number of nitrogens with one attached hydrogen (secondary N) is 2. The van der Waals surface area contributed by atoms with Gasteiger partial charge in [0.1, 0.15) is 0 Å². The van der Waals surface area contributed by atoms with Crippen LogP contribution in [0.5, 0.6) is 0 Å². The molecule has 0 fully saturated rings. The zero-order valence-electron chi connectivity index (χ0n) is 12.1. The lowest BCUT2D eigenvalue weighted by molar-refractivity contribution is 0.102. The third-order valence-electron chi connectivity index (χ3n) is 2.76. The summed E-state index contributed by atoms with van der Waals surface area (Å²) in [4.78, 5) is 20.3. The van der Waals surface area contributed by atoms with E-state index in [0.29, 0.717) is 22.2 Å². The number of halogens is 1. The predicted molar refractivity (Wildman–Crippen MR) is 84.9 cm³/mol. The largest absolute Gasteiger partial charge is 0.352 e. The highest BCUT2D eigenvalue weighted by atomic mass is 35.5. The number of hydrogen-bond donors (Lipinski definition) is 2. The molecule has 0 atom stereocenters. The molecule has 1 aromatic heterocycles. The van der Waals surface area contributed by atoms with Gasteiger partial charge in [0.2, 0.25) is 5.95 Å². The lowest BCUT2D eigenvalue weighted by Gasteiger charge is -2.09. The van der Waals surface area contributed by atoms with E-state index in [-0.39, 0.29) is 11.9 Å². The zero-order chi connectivity index (χ0) is 15.4. The quantitative estimate of drug-likeness (QED) is 0.907. The number of aromatic nitrogens is 2. The second-order valence-corrected chi connectivity index (χ2v) is 5.42. The number of benzene rings is 1. The van der Waals surface area contributed by atoms with Crippen LogP contribution >= 0.6 is 11.6 Å². The van der Waals surface area contributed by atoms with Crippen molar-refractivity contribution in [1.82, 2.24) is 9.97 Å². The minimum absolute atomic E-state index is 0.236. The van der Waals surface area contributed by atoms with E-state index >= 15 is 0 Å². The van der Waals surface area contributed by atoms with Crippen LogP contribution in [0.25, 0.3) is 0 Å². The molecule has 0 saturated carbocycles. The van der Waals surface area contributed by atoms with Crippen LogP contribution in [0.3, 0.4) is 0 Å². The minimum Gasteiger partial charge on any atom is -0.352 e. The number of anilines is 2. The van der Waals surface area contributed by atoms with Crippen molar-refractivity contribution in [3.63, 3.8) is 0 Å². The third-order valence-corrected chi connectivity index (χ3v) is 3.17. The van der Waals surface area contributed by atoms with Crippen LogP contribution < -0.4 is 10.6 Å². The lowest BCUT2D eigenvalue weighted by Crippen LogP contribution is -2.15. The number of hydrogen-bond acceptors (Lipinski definition) is 4. The molecule has 2 rings (SSSR count). The van der Waals surface area contributed by atoms with Crippen LogP contribution in [-0.4, -0.2) is 21.9 Å². The summed E-state index contributed by atoms with van der Waals surface area (Å²) in [7, 11) is 0. The van der Waals surface area contributed by atoms with Gasteiger partial charge in [0.25, 0.3) is 5.91 Å². The van der Waals surface area contributed by atoms with Crippen LogP contribution in [0.2, 0.25) is 5.02 Å². The van der Waals surface area contributed by atoms with Crippen LogP contribution in [0.4, 0.5) is 11.6 Å². The Labute approximate surface area is 128 Å². The first-order chi connectivity index (χ1) is 9.95. The molecule has 1 amide bonds. The fraction of sp³-hybridized carbons (Fsp3) is 0.267. The fourth-order valence-electron chi connectivity index (χ4n) is 1.65. The average Bonchev–Trinajstić information content (AvgIpc) is 2.43. The molecule has 1 aromatic carbocycles. The van der Waals surface area contributed by atoms with E-state index in [4.69, 9.17) is 11.6 Å². The summed E-state index contributed by atoms with van der Waals surface area (Å²) >= 11 is 6.03. The topological polar surface area (TPSA) is 66.9 Å². The highest BCUT2D eigenvalue weighted by molar-refractivity contribution is 6.31. The van der Waals surface area contributed by atoms with Gasteiger partial charge in [0.05, 0.1) is 5.56 Å². The zero-order valence-corrected chi connectivity index (χ0v) is 12.9. The Morgan fingerprint density at radius 2 is 1.90 bits per heavy atom.